The highest BCUT2D eigenvalue weighted by Gasteiger charge is 2.16. The molecule has 0 aliphatic rings. The van der Waals surface area contributed by atoms with Crippen LogP contribution in [0.2, 0.25) is 0 Å². The predicted octanol–water partition coefficient (Wildman–Crippen LogP) is 3.74. The molecule has 7 nitrogen and oxygen atoms in total. The van der Waals surface area contributed by atoms with Crippen LogP contribution in [0.4, 0.5) is 4.39 Å². The fraction of sp³-hybridized carbons (Fsp3) is 0.100. The fourth-order valence-electron chi connectivity index (χ4n) is 3.16. The number of hydrogen-bond acceptors (Lipinski definition) is 5. The molecule has 4 aromatic heterocycles. The molecule has 0 unspecified atom stereocenters. The Morgan fingerprint density at radius 1 is 1.18 bits per heavy atom. The quantitative estimate of drug-likeness (QED) is 0.518. The van der Waals surface area contributed by atoms with Gasteiger partial charge < -0.3 is 9.51 Å². The highest BCUT2D eigenvalue weighted by molar-refractivity contribution is 5.93. The Hall–Kier alpha value is -3.81. The number of nitrogens with one attached hydrogen (secondary N) is 1. The first-order valence-corrected chi connectivity index (χ1v) is 8.70. The third-order valence-electron chi connectivity index (χ3n) is 4.58. The van der Waals surface area contributed by atoms with Crippen LogP contribution in [0, 0.1) is 5.82 Å². The van der Waals surface area contributed by atoms with Gasteiger partial charge in [0, 0.05) is 47.7 Å². The zero-order valence-corrected chi connectivity index (χ0v) is 14.9. The number of fused-ring (bicyclic) bond motifs is 1. The maximum atomic E-state index is 13.9. The number of benzene rings is 1. The van der Waals surface area contributed by atoms with Gasteiger partial charge in [-0.3, -0.25) is 4.68 Å². The molecule has 1 N–H and O–H groups in total. The van der Waals surface area contributed by atoms with E-state index in [0.29, 0.717) is 17.3 Å². The van der Waals surface area contributed by atoms with Gasteiger partial charge in [-0.25, -0.2) is 9.37 Å². The molecule has 4 heterocycles. The van der Waals surface area contributed by atoms with Crippen molar-refractivity contribution >= 4 is 11.0 Å². The number of aryl methyl sites for hydroxylation is 1. The van der Waals surface area contributed by atoms with Gasteiger partial charge in [-0.1, -0.05) is 23.4 Å². The molecule has 0 amide bonds. The highest BCUT2D eigenvalue weighted by Crippen LogP contribution is 2.29. The molecule has 5 rings (SSSR count). The summed E-state index contributed by atoms with van der Waals surface area (Å²) in [5.74, 6) is 0.494. The zero-order valence-electron chi connectivity index (χ0n) is 14.9. The Labute approximate surface area is 158 Å². The Kier molecular flexibility index (Phi) is 3.75. The average Bonchev–Trinajstić information content (AvgIpc) is 3.42. The van der Waals surface area contributed by atoms with E-state index in [4.69, 9.17) is 4.52 Å². The molecule has 0 atom stereocenters. The Morgan fingerprint density at radius 2 is 2.07 bits per heavy atom. The Morgan fingerprint density at radius 3 is 2.89 bits per heavy atom. The van der Waals surface area contributed by atoms with E-state index < -0.39 is 0 Å². The molecular formula is C20H15FN6O. The van der Waals surface area contributed by atoms with Crippen molar-refractivity contribution in [2.45, 2.75) is 6.42 Å². The summed E-state index contributed by atoms with van der Waals surface area (Å²) < 4.78 is 20.9. The summed E-state index contributed by atoms with van der Waals surface area (Å²) in [7, 11) is 1.87. The van der Waals surface area contributed by atoms with Crippen molar-refractivity contribution in [3.63, 3.8) is 0 Å². The lowest BCUT2D eigenvalue weighted by Crippen LogP contribution is -1.92. The van der Waals surface area contributed by atoms with Crippen LogP contribution < -0.4 is 0 Å². The number of halogens is 1. The second-order valence-electron chi connectivity index (χ2n) is 6.51. The fourth-order valence-corrected chi connectivity index (χ4v) is 3.16. The number of H-pyrrole nitrogens is 1. The minimum absolute atomic E-state index is 0.237. The first-order chi connectivity index (χ1) is 13.7. The average molecular weight is 374 g/mol. The van der Waals surface area contributed by atoms with Crippen molar-refractivity contribution in [2.75, 3.05) is 0 Å². The first-order valence-electron chi connectivity index (χ1n) is 8.70. The molecule has 0 saturated heterocycles. The molecule has 0 fully saturated rings. The largest absolute Gasteiger partial charge is 0.345 e. The van der Waals surface area contributed by atoms with E-state index in [1.807, 2.05) is 19.3 Å². The summed E-state index contributed by atoms with van der Waals surface area (Å²) in [6, 6.07) is 8.56. The van der Waals surface area contributed by atoms with Crippen molar-refractivity contribution in [1.82, 2.24) is 29.9 Å². The molecule has 1 aromatic carbocycles. The molecule has 0 aliphatic heterocycles. The highest BCUT2D eigenvalue weighted by atomic mass is 19.1. The SMILES string of the molecule is Cn1cc(-c2cnc3[nH]cc(-c4noc(Cc5ccccc5F)n4)c3c2)cn1. The van der Waals surface area contributed by atoms with E-state index in [-0.39, 0.29) is 12.2 Å². The number of aromatic nitrogens is 6. The van der Waals surface area contributed by atoms with Gasteiger partial charge in [-0.05, 0) is 17.7 Å². The number of pyridine rings is 1. The van der Waals surface area contributed by atoms with Gasteiger partial charge in [0.1, 0.15) is 11.5 Å². The lowest BCUT2D eigenvalue weighted by Gasteiger charge is -1.98. The Bertz CT molecular complexity index is 1280. The lowest BCUT2D eigenvalue weighted by molar-refractivity contribution is 0.384. The zero-order chi connectivity index (χ0) is 19.1. The van der Waals surface area contributed by atoms with Gasteiger partial charge in [-0.15, -0.1) is 0 Å². The van der Waals surface area contributed by atoms with Crippen molar-refractivity contribution in [1.29, 1.82) is 0 Å². The monoisotopic (exact) mass is 374 g/mol. The summed E-state index contributed by atoms with van der Waals surface area (Å²) in [5.41, 5.74) is 3.92. The Balaban J connectivity index is 1.51. The van der Waals surface area contributed by atoms with Crippen LogP contribution in [0.5, 0.6) is 0 Å². The minimum atomic E-state index is -0.292. The van der Waals surface area contributed by atoms with Crippen LogP contribution in [0.3, 0.4) is 0 Å². The number of rotatable bonds is 4. The maximum absolute atomic E-state index is 13.9. The summed E-state index contributed by atoms with van der Waals surface area (Å²) in [4.78, 5) is 12.0. The van der Waals surface area contributed by atoms with E-state index in [9.17, 15) is 4.39 Å². The van der Waals surface area contributed by atoms with E-state index in [1.165, 1.54) is 6.07 Å². The molecule has 0 aliphatic carbocycles. The van der Waals surface area contributed by atoms with Crippen molar-refractivity contribution in [3.8, 4) is 22.5 Å². The van der Waals surface area contributed by atoms with Crippen LogP contribution >= 0.6 is 0 Å². The standard InChI is InChI=1S/C20H15FN6O/c1-27-11-14(9-24-27)13-6-15-16(10-23-19(15)22-8-13)20-25-18(28-26-20)7-12-4-2-3-5-17(12)21/h2-6,8-11H,7H2,1H3,(H,22,23). The summed E-state index contributed by atoms with van der Waals surface area (Å²) in [6.07, 6.45) is 7.54. The number of hydrogen-bond donors (Lipinski definition) is 1. The van der Waals surface area contributed by atoms with Crippen LogP contribution in [0.15, 0.2) is 59.6 Å². The molecule has 8 heteroatoms. The van der Waals surface area contributed by atoms with Crippen LogP contribution in [-0.4, -0.2) is 29.9 Å². The van der Waals surface area contributed by atoms with Crippen LogP contribution in [0.25, 0.3) is 33.5 Å². The van der Waals surface area contributed by atoms with Gasteiger partial charge >= 0.3 is 0 Å². The third-order valence-corrected chi connectivity index (χ3v) is 4.58. The lowest BCUT2D eigenvalue weighted by atomic mass is 10.1. The predicted molar refractivity (Wildman–Crippen MR) is 101 cm³/mol. The second-order valence-corrected chi connectivity index (χ2v) is 6.51. The van der Waals surface area contributed by atoms with Gasteiger partial charge in [0.15, 0.2) is 0 Å². The van der Waals surface area contributed by atoms with Crippen molar-refractivity contribution in [2.24, 2.45) is 7.05 Å². The van der Waals surface area contributed by atoms with Gasteiger partial charge in [-0.2, -0.15) is 10.1 Å². The molecule has 138 valence electrons. The van der Waals surface area contributed by atoms with Gasteiger partial charge in [0.05, 0.1) is 12.6 Å². The third kappa shape index (κ3) is 2.84. The second kappa shape index (κ2) is 6.41. The first kappa shape index (κ1) is 16.4. The van der Waals surface area contributed by atoms with E-state index in [2.05, 4.69) is 25.2 Å². The van der Waals surface area contributed by atoms with Crippen molar-refractivity contribution < 1.29 is 8.91 Å². The number of nitrogens with zero attached hydrogens (tertiary/aromatic N) is 5. The molecule has 28 heavy (non-hydrogen) atoms. The normalized spacial score (nSPS) is 11.4. The van der Waals surface area contributed by atoms with E-state index in [1.54, 1.807) is 41.5 Å². The molecular weight excluding hydrogens is 359 g/mol. The maximum Gasteiger partial charge on any atom is 0.231 e. The number of aromatic amines is 1. The topological polar surface area (TPSA) is 85.4 Å². The molecule has 0 saturated carbocycles. The van der Waals surface area contributed by atoms with Gasteiger partial charge in [0.2, 0.25) is 11.7 Å². The molecule has 0 spiro atoms. The minimum Gasteiger partial charge on any atom is -0.345 e. The summed E-state index contributed by atoms with van der Waals surface area (Å²) in [6.45, 7) is 0. The molecule has 0 bridgehead atoms. The van der Waals surface area contributed by atoms with Gasteiger partial charge in [0.25, 0.3) is 0 Å². The molecule has 5 aromatic rings. The van der Waals surface area contributed by atoms with E-state index in [0.717, 1.165) is 27.7 Å². The smallest absolute Gasteiger partial charge is 0.231 e. The summed E-state index contributed by atoms with van der Waals surface area (Å²) in [5, 5.41) is 9.15. The summed E-state index contributed by atoms with van der Waals surface area (Å²) >= 11 is 0. The molecule has 0 radical (unpaired) electrons. The van der Waals surface area contributed by atoms with E-state index >= 15 is 0 Å². The van der Waals surface area contributed by atoms with Crippen molar-refractivity contribution in [3.05, 3.63) is 72.4 Å². The van der Waals surface area contributed by atoms with Crippen LogP contribution in [0.1, 0.15) is 11.5 Å². The van der Waals surface area contributed by atoms with Crippen LogP contribution in [-0.2, 0) is 13.5 Å².